The van der Waals surface area contributed by atoms with Crippen molar-refractivity contribution in [2.75, 3.05) is 11.1 Å². The number of benzene rings is 2. The first-order chi connectivity index (χ1) is 11.0. The summed E-state index contributed by atoms with van der Waals surface area (Å²) in [6, 6.07) is 12.0. The SMILES string of the molecule is Cc1ccc(SCCC(=O)Nc2cc([N+](=O)[O-])ccc2Cl)cc1. The Bertz CT molecular complexity index is 720. The maximum Gasteiger partial charge on any atom is 0.271 e. The molecule has 1 N–H and O–H groups in total. The summed E-state index contributed by atoms with van der Waals surface area (Å²) in [4.78, 5) is 23.3. The minimum atomic E-state index is -0.529. The van der Waals surface area contributed by atoms with E-state index in [1.165, 1.54) is 23.8 Å². The molecule has 7 heteroatoms. The van der Waals surface area contributed by atoms with Crippen molar-refractivity contribution in [3.8, 4) is 0 Å². The van der Waals surface area contributed by atoms with Crippen molar-refractivity contribution < 1.29 is 9.72 Å². The van der Waals surface area contributed by atoms with Crippen molar-refractivity contribution in [3.05, 3.63) is 63.2 Å². The molecule has 0 aliphatic heterocycles. The van der Waals surface area contributed by atoms with E-state index in [9.17, 15) is 14.9 Å². The van der Waals surface area contributed by atoms with Crippen LogP contribution in [0, 0.1) is 17.0 Å². The van der Waals surface area contributed by atoms with Gasteiger partial charge in [0.05, 0.1) is 15.6 Å². The van der Waals surface area contributed by atoms with E-state index in [0.29, 0.717) is 5.75 Å². The van der Waals surface area contributed by atoms with Crippen molar-refractivity contribution in [1.29, 1.82) is 0 Å². The third-order valence-corrected chi connectivity index (χ3v) is 4.40. The molecule has 0 aromatic heterocycles. The van der Waals surface area contributed by atoms with E-state index in [1.54, 1.807) is 11.8 Å². The monoisotopic (exact) mass is 350 g/mol. The fraction of sp³-hybridized carbons (Fsp3) is 0.188. The Kier molecular flexibility index (Phi) is 6.01. The number of nitrogens with zero attached hydrogens (tertiary/aromatic N) is 1. The van der Waals surface area contributed by atoms with Crippen molar-refractivity contribution >= 4 is 40.6 Å². The summed E-state index contributed by atoms with van der Waals surface area (Å²) in [6.45, 7) is 2.02. The number of hydrogen-bond donors (Lipinski definition) is 1. The lowest BCUT2D eigenvalue weighted by Crippen LogP contribution is -2.12. The van der Waals surface area contributed by atoms with Gasteiger partial charge in [0.1, 0.15) is 0 Å². The number of amides is 1. The average Bonchev–Trinajstić information content (AvgIpc) is 2.51. The molecule has 0 bridgehead atoms. The van der Waals surface area contributed by atoms with Gasteiger partial charge >= 0.3 is 0 Å². The Morgan fingerprint density at radius 3 is 2.61 bits per heavy atom. The first-order valence-electron chi connectivity index (χ1n) is 6.89. The van der Waals surface area contributed by atoms with Gasteiger partial charge in [-0.3, -0.25) is 14.9 Å². The van der Waals surface area contributed by atoms with E-state index >= 15 is 0 Å². The van der Waals surface area contributed by atoms with Crippen LogP contribution in [0.15, 0.2) is 47.4 Å². The quantitative estimate of drug-likeness (QED) is 0.466. The lowest BCUT2D eigenvalue weighted by Gasteiger charge is -2.07. The van der Waals surface area contributed by atoms with Gasteiger partial charge in [0.15, 0.2) is 0 Å². The summed E-state index contributed by atoms with van der Waals surface area (Å²) in [7, 11) is 0. The highest BCUT2D eigenvalue weighted by molar-refractivity contribution is 7.99. The third kappa shape index (κ3) is 5.26. The number of anilines is 1. The van der Waals surface area contributed by atoms with Gasteiger partial charge in [-0.1, -0.05) is 29.3 Å². The van der Waals surface area contributed by atoms with Crippen molar-refractivity contribution in [3.63, 3.8) is 0 Å². The molecule has 1 amide bonds. The molecule has 2 rings (SSSR count). The van der Waals surface area contributed by atoms with Crippen LogP contribution in [-0.4, -0.2) is 16.6 Å². The van der Waals surface area contributed by atoms with Crippen LogP contribution in [-0.2, 0) is 4.79 Å². The highest BCUT2D eigenvalue weighted by Gasteiger charge is 2.12. The third-order valence-electron chi connectivity index (χ3n) is 3.05. The molecule has 0 saturated heterocycles. The molecule has 0 radical (unpaired) electrons. The number of nitro groups is 1. The molecular weight excluding hydrogens is 336 g/mol. The molecular formula is C16H15ClN2O3S. The predicted octanol–water partition coefficient (Wildman–Crippen LogP) is 4.68. The Balaban J connectivity index is 1.88. The fourth-order valence-corrected chi connectivity index (χ4v) is 2.85. The summed E-state index contributed by atoms with van der Waals surface area (Å²) >= 11 is 7.53. The fourth-order valence-electron chi connectivity index (χ4n) is 1.83. The van der Waals surface area contributed by atoms with Gasteiger partial charge in [-0.2, -0.15) is 0 Å². The first-order valence-corrected chi connectivity index (χ1v) is 8.25. The summed E-state index contributed by atoms with van der Waals surface area (Å²) < 4.78 is 0. The number of aryl methyl sites for hydroxylation is 1. The Morgan fingerprint density at radius 1 is 1.26 bits per heavy atom. The van der Waals surface area contributed by atoms with E-state index < -0.39 is 4.92 Å². The van der Waals surface area contributed by atoms with Crippen LogP contribution < -0.4 is 5.32 Å². The second kappa shape index (κ2) is 7.99. The van der Waals surface area contributed by atoms with Crippen molar-refractivity contribution in [2.24, 2.45) is 0 Å². The Hall–Kier alpha value is -2.05. The molecule has 0 aliphatic rings. The molecule has 5 nitrogen and oxygen atoms in total. The van der Waals surface area contributed by atoms with Crippen LogP contribution in [0.1, 0.15) is 12.0 Å². The lowest BCUT2D eigenvalue weighted by molar-refractivity contribution is -0.384. The largest absolute Gasteiger partial charge is 0.325 e. The average molecular weight is 351 g/mol. The smallest absolute Gasteiger partial charge is 0.271 e. The van der Waals surface area contributed by atoms with Gasteiger partial charge < -0.3 is 5.32 Å². The highest BCUT2D eigenvalue weighted by Crippen LogP contribution is 2.27. The van der Waals surface area contributed by atoms with E-state index in [1.807, 2.05) is 31.2 Å². The number of halogens is 1. The number of hydrogen-bond acceptors (Lipinski definition) is 4. The number of nitrogens with one attached hydrogen (secondary N) is 1. The van der Waals surface area contributed by atoms with Crippen LogP contribution in [0.4, 0.5) is 11.4 Å². The molecule has 0 fully saturated rings. The maximum atomic E-state index is 11.9. The predicted molar refractivity (Wildman–Crippen MR) is 93.3 cm³/mol. The minimum absolute atomic E-state index is 0.112. The van der Waals surface area contributed by atoms with E-state index in [2.05, 4.69) is 5.32 Å². The standard InChI is InChI=1S/C16H15ClN2O3S/c1-11-2-5-13(6-3-11)23-9-8-16(20)18-15-10-12(19(21)22)4-7-14(15)17/h2-7,10H,8-9H2,1H3,(H,18,20). The second-order valence-corrected chi connectivity index (χ2v) is 6.46. The van der Waals surface area contributed by atoms with Gasteiger partial charge in [0.25, 0.3) is 5.69 Å². The molecule has 0 aliphatic carbocycles. The normalized spacial score (nSPS) is 10.3. The molecule has 2 aromatic rings. The van der Waals surface area contributed by atoms with Gasteiger partial charge in [0.2, 0.25) is 5.91 Å². The molecule has 0 saturated carbocycles. The second-order valence-electron chi connectivity index (χ2n) is 4.88. The number of carbonyl (C=O) groups excluding carboxylic acids is 1. The van der Waals surface area contributed by atoms with Gasteiger partial charge in [-0.05, 0) is 25.1 Å². The van der Waals surface area contributed by atoms with Crippen LogP contribution in [0.3, 0.4) is 0 Å². The number of carbonyl (C=O) groups is 1. The Morgan fingerprint density at radius 2 is 1.96 bits per heavy atom. The lowest BCUT2D eigenvalue weighted by atomic mass is 10.2. The zero-order chi connectivity index (χ0) is 16.8. The summed E-state index contributed by atoms with van der Waals surface area (Å²) in [5, 5.41) is 13.6. The summed E-state index contributed by atoms with van der Waals surface area (Å²) in [5.41, 5.74) is 1.33. The van der Waals surface area contributed by atoms with Crippen molar-refractivity contribution in [1.82, 2.24) is 0 Å². The van der Waals surface area contributed by atoms with E-state index in [-0.39, 0.29) is 28.7 Å². The molecule has 0 atom stereocenters. The Labute approximate surface area is 143 Å². The van der Waals surface area contributed by atoms with Gasteiger partial charge in [-0.25, -0.2) is 0 Å². The van der Waals surface area contributed by atoms with Gasteiger partial charge in [0, 0.05) is 29.2 Å². The number of nitro benzene ring substituents is 1. The topological polar surface area (TPSA) is 72.2 Å². The molecule has 120 valence electrons. The minimum Gasteiger partial charge on any atom is -0.325 e. The zero-order valence-corrected chi connectivity index (χ0v) is 14.0. The van der Waals surface area contributed by atoms with Crippen LogP contribution in [0.25, 0.3) is 0 Å². The molecule has 2 aromatic carbocycles. The van der Waals surface area contributed by atoms with Crippen molar-refractivity contribution in [2.45, 2.75) is 18.2 Å². The number of non-ortho nitro benzene ring substituents is 1. The molecule has 23 heavy (non-hydrogen) atoms. The van der Waals surface area contributed by atoms with Crippen LogP contribution in [0.2, 0.25) is 5.02 Å². The zero-order valence-electron chi connectivity index (χ0n) is 12.4. The maximum absolute atomic E-state index is 11.9. The molecule has 0 heterocycles. The number of thioether (sulfide) groups is 1. The van der Waals surface area contributed by atoms with Crippen LogP contribution in [0.5, 0.6) is 0 Å². The molecule has 0 unspecified atom stereocenters. The first kappa shape index (κ1) is 17.3. The molecule has 0 spiro atoms. The summed E-state index contributed by atoms with van der Waals surface area (Å²) in [6.07, 6.45) is 0.289. The highest BCUT2D eigenvalue weighted by atomic mass is 35.5. The van der Waals surface area contributed by atoms with Gasteiger partial charge in [-0.15, -0.1) is 11.8 Å². The van der Waals surface area contributed by atoms with E-state index in [0.717, 1.165) is 4.90 Å². The summed E-state index contributed by atoms with van der Waals surface area (Å²) in [5.74, 6) is 0.383. The van der Waals surface area contributed by atoms with Crippen LogP contribution >= 0.6 is 23.4 Å². The van der Waals surface area contributed by atoms with E-state index in [4.69, 9.17) is 11.6 Å². The number of rotatable bonds is 6.